The molecule has 8 nitrogen and oxygen atoms in total. The highest BCUT2D eigenvalue weighted by molar-refractivity contribution is 6.01. The number of oxazole rings is 2. The number of nitrogens with zero attached hydrogens (tertiary/aromatic N) is 2. The van der Waals surface area contributed by atoms with Crippen LogP contribution in [-0.2, 0) is 0 Å². The minimum atomic E-state index is -1.08. The van der Waals surface area contributed by atoms with Gasteiger partial charge in [-0.3, -0.25) is 0 Å². The standard InChI is InChI=1S/C22H12N2O6/c25-21(26)13-3-1-5-15-17(13)23-19(29-15)11-7-9-12(10-8-11)20-24-18-14(22(27)28)4-2-6-16(18)30-20/h1-10H,(H,25,26)(H,27,28). The average molecular weight is 400 g/mol. The van der Waals surface area contributed by atoms with Crippen molar-refractivity contribution in [2.45, 2.75) is 0 Å². The first-order chi connectivity index (χ1) is 14.5. The van der Waals surface area contributed by atoms with Gasteiger partial charge in [0.1, 0.15) is 11.0 Å². The third-order valence-electron chi connectivity index (χ3n) is 4.68. The van der Waals surface area contributed by atoms with Gasteiger partial charge in [-0.1, -0.05) is 12.1 Å². The molecule has 30 heavy (non-hydrogen) atoms. The monoisotopic (exact) mass is 400 g/mol. The maximum absolute atomic E-state index is 11.4. The molecule has 0 aliphatic heterocycles. The molecule has 8 heteroatoms. The van der Waals surface area contributed by atoms with Gasteiger partial charge >= 0.3 is 11.9 Å². The second-order valence-electron chi connectivity index (χ2n) is 6.53. The molecule has 0 radical (unpaired) electrons. The van der Waals surface area contributed by atoms with Gasteiger partial charge in [0, 0.05) is 11.1 Å². The largest absolute Gasteiger partial charge is 0.478 e. The number of hydrogen-bond acceptors (Lipinski definition) is 6. The molecule has 2 heterocycles. The smallest absolute Gasteiger partial charge is 0.338 e. The highest BCUT2D eigenvalue weighted by atomic mass is 16.4. The van der Waals surface area contributed by atoms with E-state index >= 15 is 0 Å². The lowest BCUT2D eigenvalue weighted by molar-refractivity contribution is 0.0688. The van der Waals surface area contributed by atoms with Gasteiger partial charge in [0.2, 0.25) is 11.8 Å². The van der Waals surface area contributed by atoms with E-state index in [1.54, 1.807) is 48.5 Å². The molecule has 0 amide bonds. The third kappa shape index (κ3) is 2.78. The van der Waals surface area contributed by atoms with Crippen molar-refractivity contribution in [2.24, 2.45) is 0 Å². The molecule has 5 aromatic rings. The van der Waals surface area contributed by atoms with Crippen LogP contribution in [0.4, 0.5) is 0 Å². The molecule has 0 saturated heterocycles. The van der Waals surface area contributed by atoms with Crippen LogP contribution in [0.1, 0.15) is 20.7 Å². The van der Waals surface area contributed by atoms with Crippen molar-refractivity contribution >= 4 is 34.1 Å². The number of benzene rings is 3. The summed E-state index contributed by atoms with van der Waals surface area (Å²) in [6.45, 7) is 0. The Kier molecular flexibility index (Phi) is 3.85. The van der Waals surface area contributed by atoms with Gasteiger partial charge in [0.25, 0.3) is 0 Å². The fourth-order valence-corrected chi connectivity index (χ4v) is 3.24. The highest BCUT2D eigenvalue weighted by Gasteiger charge is 2.17. The van der Waals surface area contributed by atoms with Gasteiger partial charge in [-0.05, 0) is 48.5 Å². The predicted molar refractivity (Wildman–Crippen MR) is 106 cm³/mol. The predicted octanol–water partition coefficient (Wildman–Crippen LogP) is 4.70. The molecule has 2 aromatic heterocycles. The molecule has 0 spiro atoms. The molecular weight excluding hydrogens is 388 g/mol. The summed E-state index contributed by atoms with van der Waals surface area (Å²) in [5.74, 6) is -1.58. The summed E-state index contributed by atoms with van der Waals surface area (Å²) in [6.07, 6.45) is 0. The van der Waals surface area contributed by atoms with Crippen LogP contribution in [0.2, 0.25) is 0 Å². The Bertz CT molecular complexity index is 1340. The quantitative estimate of drug-likeness (QED) is 0.444. The average Bonchev–Trinajstić information content (AvgIpc) is 3.37. The summed E-state index contributed by atoms with van der Waals surface area (Å²) in [6, 6.07) is 16.4. The summed E-state index contributed by atoms with van der Waals surface area (Å²) in [4.78, 5) is 31.4. The maximum atomic E-state index is 11.4. The van der Waals surface area contributed by atoms with Crippen LogP contribution in [0.3, 0.4) is 0 Å². The second-order valence-corrected chi connectivity index (χ2v) is 6.53. The van der Waals surface area contributed by atoms with Gasteiger partial charge in [-0.25, -0.2) is 19.6 Å². The second kappa shape index (κ2) is 6.56. The maximum Gasteiger partial charge on any atom is 0.338 e. The van der Waals surface area contributed by atoms with E-state index in [0.717, 1.165) is 0 Å². The fourth-order valence-electron chi connectivity index (χ4n) is 3.24. The molecule has 0 aliphatic rings. The highest BCUT2D eigenvalue weighted by Crippen LogP contribution is 2.30. The number of para-hydroxylation sites is 2. The van der Waals surface area contributed by atoms with E-state index in [-0.39, 0.29) is 33.9 Å². The number of rotatable bonds is 4. The van der Waals surface area contributed by atoms with E-state index in [2.05, 4.69) is 9.97 Å². The van der Waals surface area contributed by atoms with Crippen molar-refractivity contribution in [3.8, 4) is 22.9 Å². The number of aromatic carboxylic acids is 2. The van der Waals surface area contributed by atoms with Gasteiger partial charge in [0.05, 0.1) is 11.1 Å². The molecular formula is C22H12N2O6. The minimum Gasteiger partial charge on any atom is -0.478 e. The Morgan fingerprint density at radius 2 is 1.03 bits per heavy atom. The van der Waals surface area contributed by atoms with E-state index in [1.807, 2.05) is 0 Å². The lowest BCUT2D eigenvalue weighted by Gasteiger charge is -1.97. The van der Waals surface area contributed by atoms with Crippen LogP contribution >= 0.6 is 0 Å². The topological polar surface area (TPSA) is 127 Å². The van der Waals surface area contributed by atoms with Crippen molar-refractivity contribution in [2.75, 3.05) is 0 Å². The first-order valence-electron chi connectivity index (χ1n) is 8.88. The molecule has 0 saturated carbocycles. The number of aromatic nitrogens is 2. The van der Waals surface area contributed by atoms with Crippen molar-refractivity contribution in [1.82, 2.24) is 9.97 Å². The molecule has 0 aliphatic carbocycles. The Hall–Kier alpha value is -4.46. The summed E-state index contributed by atoms with van der Waals surface area (Å²) < 4.78 is 11.4. The number of fused-ring (bicyclic) bond motifs is 2. The molecule has 3 aromatic carbocycles. The Balaban J connectivity index is 1.54. The van der Waals surface area contributed by atoms with Crippen LogP contribution in [0.15, 0.2) is 69.5 Å². The Morgan fingerprint density at radius 1 is 0.633 bits per heavy atom. The van der Waals surface area contributed by atoms with E-state index in [0.29, 0.717) is 22.3 Å². The number of carboxylic acids is 2. The zero-order valence-electron chi connectivity index (χ0n) is 15.2. The molecule has 0 atom stereocenters. The minimum absolute atomic E-state index is 0.0693. The van der Waals surface area contributed by atoms with Crippen LogP contribution in [0, 0.1) is 0 Å². The lowest BCUT2D eigenvalue weighted by Crippen LogP contribution is -1.96. The van der Waals surface area contributed by atoms with Gasteiger partial charge < -0.3 is 19.0 Å². The van der Waals surface area contributed by atoms with Gasteiger partial charge in [0.15, 0.2) is 11.2 Å². The van der Waals surface area contributed by atoms with Crippen molar-refractivity contribution in [3.05, 3.63) is 71.8 Å². The summed E-state index contributed by atoms with van der Waals surface area (Å²) in [5, 5.41) is 18.6. The van der Waals surface area contributed by atoms with Gasteiger partial charge in [-0.2, -0.15) is 0 Å². The van der Waals surface area contributed by atoms with Crippen LogP contribution < -0.4 is 0 Å². The van der Waals surface area contributed by atoms with E-state index < -0.39 is 11.9 Å². The zero-order valence-corrected chi connectivity index (χ0v) is 15.2. The van der Waals surface area contributed by atoms with Crippen LogP contribution in [0.5, 0.6) is 0 Å². The fraction of sp³-hybridized carbons (Fsp3) is 0. The molecule has 0 bridgehead atoms. The van der Waals surface area contributed by atoms with E-state index in [9.17, 15) is 19.8 Å². The first kappa shape index (κ1) is 17.6. The SMILES string of the molecule is O=C(O)c1cccc2oc(-c3ccc(-c4nc5c(C(=O)O)cccc5o4)cc3)nc12. The number of hydrogen-bond donors (Lipinski definition) is 2. The van der Waals surface area contributed by atoms with E-state index in [4.69, 9.17) is 8.83 Å². The van der Waals surface area contributed by atoms with Crippen LogP contribution in [0.25, 0.3) is 45.1 Å². The summed E-state index contributed by atoms with van der Waals surface area (Å²) >= 11 is 0. The Morgan fingerprint density at radius 3 is 1.40 bits per heavy atom. The van der Waals surface area contributed by atoms with E-state index in [1.165, 1.54) is 12.1 Å². The molecule has 5 rings (SSSR count). The zero-order chi connectivity index (χ0) is 20.8. The molecule has 0 fully saturated rings. The summed E-state index contributed by atoms with van der Waals surface area (Å²) in [5.41, 5.74) is 2.76. The van der Waals surface area contributed by atoms with Crippen molar-refractivity contribution < 1.29 is 28.6 Å². The van der Waals surface area contributed by atoms with Crippen LogP contribution in [-0.4, -0.2) is 32.1 Å². The Labute approximate surface area is 168 Å². The van der Waals surface area contributed by atoms with Crippen molar-refractivity contribution in [1.29, 1.82) is 0 Å². The normalized spacial score (nSPS) is 11.2. The third-order valence-corrected chi connectivity index (χ3v) is 4.68. The molecule has 2 N–H and O–H groups in total. The van der Waals surface area contributed by atoms with Crippen molar-refractivity contribution in [3.63, 3.8) is 0 Å². The molecule has 0 unspecified atom stereocenters. The summed E-state index contributed by atoms with van der Waals surface area (Å²) in [7, 11) is 0. The molecule has 146 valence electrons. The first-order valence-corrected chi connectivity index (χ1v) is 8.88. The number of carboxylic acid groups (broad SMARTS) is 2. The van der Waals surface area contributed by atoms with Gasteiger partial charge in [-0.15, -0.1) is 0 Å². The lowest BCUT2D eigenvalue weighted by atomic mass is 10.1. The number of carbonyl (C=O) groups is 2.